The number of aromatic hydroxyl groups is 1. The van der Waals surface area contributed by atoms with Crippen molar-refractivity contribution < 1.29 is 19.1 Å². The van der Waals surface area contributed by atoms with Gasteiger partial charge in [-0.05, 0) is 60.0 Å². The standard InChI is InChI=1S/C24H42O4Si/c1-17(2)16-27-21(26)15-19-13-18(3)14-20(25)22(19)24(7,8)11-12-28-29(9,10)23(4,5)6/h13-14,17,25H,11-12,15-16H2,1-10H3. The highest BCUT2D eigenvalue weighted by Gasteiger charge is 2.38. The Balaban J connectivity index is 3.03. The molecule has 29 heavy (non-hydrogen) atoms. The van der Waals surface area contributed by atoms with E-state index in [-0.39, 0.29) is 28.6 Å². The molecule has 0 aromatic heterocycles. The SMILES string of the molecule is Cc1cc(O)c(C(C)(C)CCO[Si](C)(C)C(C)(C)C)c(CC(=O)OCC(C)C)c1. The maximum atomic E-state index is 12.4. The number of hydrogen-bond acceptors (Lipinski definition) is 4. The van der Waals surface area contributed by atoms with Gasteiger partial charge in [-0.3, -0.25) is 4.79 Å². The highest BCUT2D eigenvalue weighted by molar-refractivity contribution is 6.74. The van der Waals surface area contributed by atoms with Gasteiger partial charge in [0.1, 0.15) is 5.75 Å². The first kappa shape index (κ1) is 25.7. The third-order valence-electron chi connectivity index (χ3n) is 5.93. The molecule has 0 fully saturated rings. The van der Waals surface area contributed by atoms with Gasteiger partial charge in [-0.1, -0.05) is 54.5 Å². The van der Waals surface area contributed by atoms with Gasteiger partial charge < -0.3 is 14.3 Å². The van der Waals surface area contributed by atoms with E-state index in [1.807, 2.05) is 26.8 Å². The van der Waals surface area contributed by atoms with Crippen molar-refractivity contribution in [3.05, 3.63) is 28.8 Å². The van der Waals surface area contributed by atoms with E-state index >= 15 is 0 Å². The zero-order chi connectivity index (χ0) is 22.6. The molecule has 0 atom stereocenters. The van der Waals surface area contributed by atoms with Gasteiger partial charge in [0.2, 0.25) is 0 Å². The topological polar surface area (TPSA) is 55.8 Å². The van der Waals surface area contributed by atoms with Crippen LogP contribution in [-0.2, 0) is 25.8 Å². The lowest BCUT2D eigenvalue weighted by atomic mass is 9.77. The maximum Gasteiger partial charge on any atom is 0.310 e. The predicted molar refractivity (Wildman–Crippen MR) is 123 cm³/mol. The molecule has 0 aliphatic rings. The number of rotatable bonds is 9. The predicted octanol–water partition coefficient (Wildman–Crippen LogP) is 6.13. The molecular formula is C24H42O4Si. The number of ether oxygens (including phenoxy) is 1. The minimum Gasteiger partial charge on any atom is -0.508 e. The van der Waals surface area contributed by atoms with Crippen molar-refractivity contribution in [3.8, 4) is 5.75 Å². The maximum absolute atomic E-state index is 12.4. The van der Waals surface area contributed by atoms with E-state index in [1.165, 1.54) is 0 Å². The fourth-order valence-electron chi connectivity index (χ4n) is 3.13. The molecule has 166 valence electrons. The summed E-state index contributed by atoms with van der Waals surface area (Å²) in [5, 5.41) is 10.9. The molecule has 0 unspecified atom stereocenters. The van der Waals surface area contributed by atoms with Crippen molar-refractivity contribution >= 4 is 14.3 Å². The van der Waals surface area contributed by atoms with Gasteiger partial charge >= 0.3 is 5.97 Å². The second-order valence-corrected chi connectivity index (χ2v) is 15.6. The zero-order valence-corrected chi connectivity index (χ0v) is 21.2. The van der Waals surface area contributed by atoms with Crippen LogP contribution in [0.1, 0.15) is 71.6 Å². The summed E-state index contributed by atoms with van der Waals surface area (Å²) in [5.74, 6) is 0.292. The summed E-state index contributed by atoms with van der Waals surface area (Å²) in [6, 6.07) is 3.76. The minimum atomic E-state index is -1.83. The van der Waals surface area contributed by atoms with Crippen LogP contribution in [0.5, 0.6) is 5.75 Å². The van der Waals surface area contributed by atoms with E-state index in [4.69, 9.17) is 9.16 Å². The van der Waals surface area contributed by atoms with Crippen molar-refractivity contribution in [1.82, 2.24) is 0 Å². The van der Waals surface area contributed by atoms with E-state index in [0.717, 1.165) is 23.1 Å². The van der Waals surface area contributed by atoms with Crippen LogP contribution in [0, 0.1) is 12.8 Å². The third-order valence-corrected chi connectivity index (χ3v) is 10.5. The molecule has 0 saturated heterocycles. The molecule has 1 aromatic rings. The van der Waals surface area contributed by atoms with Gasteiger partial charge in [-0.15, -0.1) is 0 Å². The van der Waals surface area contributed by atoms with Crippen LogP contribution in [0.3, 0.4) is 0 Å². The smallest absolute Gasteiger partial charge is 0.310 e. The van der Waals surface area contributed by atoms with Crippen LogP contribution >= 0.6 is 0 Å². The Morgan fingerprint density at radius 2 is 1.72 bits per heavy atom. The third kappa shape index (κ3) is 7.45. The van der Waals surface area contributed by atoms with Crippen molar-refractivity contribution in [2.24, 2.45) is 5.92 Å². The molecule has 0 aliphatic carbocycles. The molecule has 0 spiro atoms. The monoisotopic (exact) mass is 422 g/mol. The number of phenols is 1. The summed E-state index contributed by atoms with van der Waals surface area (Å²) >= 11 is 0. The average Bonchev–Trinajstić information content (AvgIpc) is 2.50. The van der Waals surface area contributed by atoms with E-state index in [0.29, 0.717) is 19.1 Å². The molecule has 4 nitrogen and oxygen atoms in total. The second kappa shape index (κ2) is 9.65. The van der Waals surface area contributed by atoms with Gasteiger partial charge in [-0.25, -0.2) is 0 Å². The fourth-order valence-corrected chi connectivity index (χ4v) is 4.18. The van der Waals surface area contributed by atoms with Crippen molar-refractivity contribution in [2.75, 3.05) is 13.2 Å². The zero-order valence-electron chi connectivity index (χ0n) is 20.2. The lowest BCUT2D eigenvalue weighted by Gasteiger charge is -2.37. The molecule has 0 amide bonds. The van der Waals surface area contributed by atoms with Gasteiger partial charge in [0.25, 0.3) is 0 Å². The molecule has 1 rings (SSSR count). The molecule has 1 aromatic carbocycles. The lowest BCUT2D eigenvalue weighted by molar-refractivity contribution is -0.143. The van der Waals surface area contributed by atoms with Crippen LogP contribution < -0.4 is 0 Å². The van der Waals surface area contributed by atoms with Gasteiger partial charge in [-0.2, -0.15) is 0 Å². The number of esters is 1. The van der Waals surface area contributed by atoms with Crippen molar-refractivity contribution in [1.29, 1.82) is 0 Å². The number of hydrogen-bond donors (Lipinski definition) is 1. The first-order valence-electron chi connectivity index (χ1n) is 10.7. The minimum absolute atomic E-state index is 0.161. The van der Waals surface area contributed by atoms with E-state index in [1.54, 1.807) is 6.07 Å². The highest BCUT2D eigenvalue weighted by atomic mass is 28.4. The molecule has 5 heteroatoms. The van der Waals surface area contributed by atoms with Crippen LogP contribution in [-0.4, -0.2) is 32.6 Å². The Labute approximate surface area is 179 Å². The number of carbonyl (C=O) groups excluding carboxylic acids is 1. The molecule has 1 N–H and O–H groups in total. The number of aryl methyl sites for hydroxylation is 1. The fraction of sp³-hybridized carbons (Fsp3) is 0.708. The summed E-state index contributed by atoms with van der Waals surface area (Å²) in [7, 11) is -1.83. The van der Waals surface area contributed by atoms with Gasteiger partial charge in [0, 0.05) is 12.2 Å². The number of phenolic OH excluding ortho intramolecular Hbond substituents is 1. The largest absolute Gasteiger partial charge is 0.508 e. The molecular weight excluding hydrogens is 380 g/mol. The van der Waals surface area contributed by atoms with Crippen LogP contribution in [0.4, 0.5) is 0 Å². The Kier molecular flexibility index (Phi) is 8.55. The quantitative estimate of drug-likeness (QED) is 0.384. The molecule has 0 heterocycles. The Morgan fingerprint density at radius 1 is 1.14 bits per heavy atom. The van der Waals surface area contributed by atoms with Crippen molar-refractivity contribution in [3.63, 3.8) is 0 Å². The second-order valence-electron chi connectivity index (χ2n) is 10.8. The first-order valence-corrected chi connectivity index (χ1v) is 13.6. The van der Waals surface area contributed by atoms with E-state index < -0.39 is 8.32 Å². The summed E-state index contributed by atoms with van der Waals surface area (Å²) in [5.41, 5.74) is 2.27. The lowest BCUT2D eigenvalue weighted by Crippen LogP contribution is -2.41. The van der Waals surface area contributed by atoms with Gasteiger partial charge in [0.15, 0.2) is 8.32 Å². The highest BCUT2D eigenvalue weighted by Crippen LogP contribution is 2.40. The van der Waals surface area contributed by atoms with Gasteiger partial charge in [0.05, 0.1) is 13.0 Å². The summed E-state index contributed by atoms with van der Waals surface area (Å²) < 4.78 is 11.7. The first-order chi connectivity index (χ1) is 13.1. The number of benzene rings is 1. The van der Waals surface area contributed by atoms with Crippen LogP contribution in [0.25, 0.3) is 0 Å². The summed E-state index contributed by atoms with van der Waals surface area (Å²) in [6.45, 7) is 22.4. The Hall–Kier alpha value is -1.33. The molecule has 0 bridgehead atoms. The summed E-state index contributed by atoms with van der Waals surface area (Å²) in [4.78, 5) is 12.4. The molecule has 0 radical (unpaired) electrons. The average molecular weight is 423 g/mol. The molecule has 0 saturated carbocycles. The normalized spacial score (nSPS) is 13.1. The Bertz CT molecular complexity index is 700. The number of carbonyl (C=O) groups is 1. The summed E-state index contributed by atoms with van der Waals surface area (Å²) in [6.07, 6.45) is 0.938. The van der Waals surface area contributed by atoms with Crippen LogP contribution in [0.15, 0.2) is 12.1 Å². The van der Waals surface area contributed by atoms with Crippen molar-refractivity contribution in [2.45, 2.75) is 91.8 Å². The van der Waals surface area contributed by atoms with E-state index in [2.05, 4.69) is 47.7 Å². The Morgan fingerprint density at radius 3 is 2.24 bits per heavy atom. The molecule has 0 aliphatic heterocycles. The van der Waals surface area contributed by atoms with Crippen LogP contribution in [0.2, 0.25) is 18.1 Å². The van der Waals surface area contributed by atoms with E-state index in [9.17, 15) is 9.90 Å².